The van der Waals surface area contributed by atoms with Crippen LogP contribution in [-0.2, 0) is 11.3 Å². The number of carbonyl (C=O) groups excluding carboxylic acids is 1. The lowest BCUT2D eigenvalue weighted by molar-refractivity contribution is -0.116. The standard InChI is InChI=1S/C13H10Cl2N2O3/c14-8-3-1-4-9(15)12(8)16-11(18)7-17-6-2-5-10(17)13(19)20/h1-6H,7H2,(H,16,18)(H,19,20). The third-order valence-corrected chi connectivity index (χ3v) is 3.22. The highest BCUT2D eigenvalue weighted by Crippen LogP contribution is 2.29. The highest BCUT2D eigenvalue weighted by Gasteiger charge is 2.13. The van der Waals surface area contributed by atoms with Crippen LogP contribution in [0.5, 0.6) is 0 Å². The molecule has 0 saturated carbocycles. The summed E-state index contributed by atoms with van der Waals surface area (Å²) in [6.07, 6.45) is 1.51. The van der Waals surface area contributed by atoms with E-state index in [2.05, 4.69) is 5.32 Å². The molecule has 0 spiro atoms. The van der Waals surface area contributed by atoms with Gasteiger partial charge in [0.05, 0.1) is 15.7 Å². The number of hydrogen-bond acceptors (Lipinski definition) is 2. The maximum Gasteiger partial charge on any atom is 0.352 e. The molecule has 2 rings (SSSR count). The second kappa shape index (κ2) is 5.98. The molecule has 0 aliphatic heterocycles. The smallest absolute Gasteiger partial charge is 0.352 e. The lowest BCUT2D eigenvalue weighted by atomic mass is 10.3. The zero-order valence-electron chi connectivity index (χ0n) is 10.1. The van der Waals surface area contributed by atoms with Crippen LogP contribution in [0.15, 0.2) is 36.5 Å². The number of nitrogens with zero attached hydrogens (tertiary/aromatic N) is 1. The Labute approximate surface area is 124 Å². The van der Waals surface area contributed by atoms with E-state index >= 15 is 0 Å². The number of halogens is 2. The zero-order chi connectivity index (χ0) is 14.7. The number of para-hydroxylation sites is 1. The van der Waals surface area contributed by atoms with E-state index in [9.17, 15) is 9.59 Å². The molecule has 0 aliphatic rings. The summed E-state index contributed by atoms with van der Waals surface area (Å²) in [6, 6.07) is 7.83. The first-order valence-electron chi connectivity index (χ1n) is 5.61. The van der Waals surface area contributed by atoms with Crippen molar-refractivity contribution >= 4 is 40.8 Å². The van der Waals surface area contributed by atoms with Gasteiger partial charge in [-0.3, -0.25) is 4.79 Å². The molecule has 0 saturated heterocycles. The molecule has 2 N–H and O–H groups in total. The SMILES string of the molecule is O=C(Cn1cccc1C(=O)O)Nc1c(Cl)cccc1Cl. The van der Waals surface area contributed by atoms with Crippen molar-refractivity contribution in [1.29, 1.82) is 0 Å². The molecule has 0 unspecified atom stereocenters. The topological polar surface area (TPSA) is 71.3 Å². The van der Waals surface area contributed by atoms with E-state index in [1.165, 1.54) is 16.8 Å². The number of hydrogen-bond donors (Lipinski definition) is 2. The van der Waals surface area contributed by atoms with Gasteiger partial charge in [-0.2, -0.15) is 0 Å². The zero-order valence-corrected chi connectivity index (χ0v) is 11.6. The van der Waals surface area contributed by atoms with E-state index in [1.54, 1.807) is 24.3 Å². The number of carbonyl (C=O) groups is 2. The van der Waals surface area contributed by atoms with Gasteiger partial charge >= 0.3 is 5.97 Å². The van der Waals surface area contributed by atoms with Gasteiger partial charge in [0.25, 0.3) is 0 Å². The van der Waals surface area contributed by atoms with Gasteiger partial charge in [0, 0.05) is 6.20 Å². The predicted molar refractivity (Wildman–Crippen MR) is 76.5 cm³/mol. The Morgan fingerprint density at radius 3 is 2.40 bits per heavy atom. The number of anilines is 1. The van der Waals surface area contributed by atoms with Crippen LogP contribution in [0.3, 0.4) is 0 Å². The second-order valence-electron chi connectivity index (χ2n) is 3.97. The molecule has 5 nitrogen and oxygen atoms in total. The fourth-order valence-electron chi connectivity index (χ4n) is 1.70. The average Bonchev–Trinajstić information content (AvgIpc) is 2.82. The normalized spacial score (nSPS) is 10.3. The van der Waals surface area contributed by atoms with Gasteiger partial charge in [0.2, 0.25) is 5.91 Å². The summed E-state index contributed by atoms with van der Waals surface area (Å²) in [5, 5.41) is 12.1. The number of aromatic nitrogens is 1. The molecule has 1 amide bonds. The minimum atomic E-state index is -1.10. The lowest BCUT2D eigenvalue weighted by Gasteiger charge is -2.10. The molecule has 1 aromatic carbocycles. The Balaban J connectivity index is 2.14. The number of amides is 1. The number of aromatic carboxylic acids is 1. The highest BCUT2D eigenvalue weighted by atomic mass is 35.5. The molecule has 1 aromatic heterocycles. The van der Waals surface area contributed by atoms with E-state index in [0.29, 0.717) is 15.7 Å². The number of carboxylic acid groups (broad SMARTS) is 1. The Hall–Kier alpha value is -1.98. The van der Waals surface area contributed by atoms with Crippen molar-refractivity contribution in [3.8, 4) is 0 Å². The molecule has 20 heavy (non-hydrogen) atoms. The minimum absolute atomic E-state index is 0.0328. The minimum Gasteiger partial charge on any atom is -0.477 e. The van der Waals surface area contributed by atoms with Crippen LogP contribution in [0.1, 0.15) is 10.5 Å². The van der Waals surface area contributed by atoms with Gasteiger partial charge in [-0.25, -0.2) is 4.79 Å². The number of benzene rings is 1. The van der Waals surface area contributed by atoms with Gasteiger partial charge < -0.3 is 15.0 Å². The molecule has 2 aromatic rings. The fourth-order valence-corrected chi connectivity index (χ4v) is 2.19. The Bertz CT molecular complexity index is 647. The lowest BCUT2D eigenvalue weighted by Crippen LogP contribution is -2.21. The second-order valence-corrected chi connectivity index (χ2v) is 4.79. The van der Waals surface area contributed by atoms with E-state index in [4.69, 9.17) is 28.3 Å². The summed E-state index contributed by atoms with van der Waals surface area (Å²) >= 11 is 11.9. The van der Waals surface area contributed by atoms with Crippen molar-refractivity contribution in [2.75, 3.05) is 5.32 Å². The summed E-state index contributed by atoms with van der Waals surface area (Å²) in [5.41, 5.74) is 0.343. The summed E-state index contributed by atoms with van der Waals surface area (Å²) in [5.74, 6) is -1.52. The van der Waals surface area contributed by atoms with Crippen LogP contribution in [0.25, 0.3) is 0 Å². The van der Waals surface area contributed by atoms with E-state index in [1.807, 2.05) is 0 Å². The van der Waals surface area contributed by atoms with Crippen LogP contribution >= 0.6 is 23.2 Å². The number of nitrogens with one attached hydrogen (secondary N) is 1. The van der Waals surface area contributed by atoms with Gasteiger partial charge in [0.15, 0.2) is 0 Å². The van der Waals surface area contributed by atoms with Crippen LogP contribution in [0.2, 0.25) is 10.0 Å². The van der Waals surface area contributed by atoms with E-state index < -0.39 is 11.9 Å². The monoisotopic (exact) mass is 312 g/mol. The highest BCUT2D eigenvalue weighted by molar-refractivity contribution is 6.39. The molecule has 104 valence electrons. The van der Waals surface area contributed by atoms with E-state index in [0.717, 1.165) is 0 Å². The van der Waals surface area contributed by atoms with Crippen LogP contribution in [0.4, 0.5) is 5.69 Å². The quantitative estimate of drug-likeness (QED) is 0.911. The van der Waals surface area contributed by atoms with E-state index in [-0.39, 0.29) is 12.2 Å². The van der Waals surface area contributed by atoms with Crippen molar-refractivity contribution in [3.05, 3.63) is 52.3 Å². The molecule has 0 fully saturated rings. The Morgan fingerprint density at radius 1 is 1.15 bits per heavy atom. The molecule has 0 radical (unpaired) electrons. The molecule has 0 atom stereocenters. The summed E-state index contributed by atoms with van der Waals surface area (Å²) in [7, 11) is 0. The van der Waals surface area contributed by atoms with Crippen molar-refractivity contribution in [1.82, 2.24) is 4.57 Å². The van der Waals surface area contributed by atoms with Gasteiger partial charge in [-0.15, -0.1) is 0 Å². The number of rotatable bonds is 4. The van der Waals surface area contributed by atoms with Crippen LogP contribution in [-0.4, -0.2) is 21.6 Å². The number of carboxylic acids is 1. The first-order valence-corrected chi connectivity index (χ1v) is 6.37. The third kappa shape index (κ3) is 3.12. The van der Waals surface area contributed by atoms with Crippen LogP contribution in [0, 0.1) is 0 Å². The largest absolute Gasteiger partial charge is 0.477 e. The summed E-state index contributed by atoms with van der Waals surface area (Å²) < 4.78 is 1.32. The molecule has 0 bridgehead atoms. The van der Waals surface area contributed by atoms with Crippen molar-refractivity contribution < 1.29 is 14.7 Å². The average molecular weight is 313 g/mol. The molecule has 7 heteroatoms. The summed E-state index contributed by atoms with van der Waals surface area (Å²) in [4.78, 5) is 22.9. The van der Waals surface area contributed by atoms with Crippen molar-refractivity contribution in [2.24, 2.45) is 0 Å². The predicted octanol–water partition coefficient (Wildman–Crippen LogP) is 3.13. The van der Waals surface area contributed by atoms with Crippen LogP contribution < -0.4 is 5.32 Å². The van der Waals surface area contributed by atoms with Gasteiger partial charge in [-0.05, 0) is 24.3 Å². The third-order valence-electron chi connectivity index (χ3n) is 2.59. The van der Waals surface area contributed by atoms with Gasteiger partial charge in [-0.1, -0.05) is 29.3 Å². The molecule has 0 aliphatic carbocycles. The Morgan fingerprint density at radius 2 is 1.80 bits per heavy atom. The van der Waals surface area contributed by atoms with Crippen molar-refractivity contribution in [3.63, 3.8) is 0 Å². The maximum atomic E-state index is 11.9. The Kier molecular flexibility index (Phi) is 4.32. The molecular weight excluding hydrogens is 303 g/mol. The fraction of sp³-hybridized carbons (Fsp3) is 0.0769. The molecular formula is C13H10Cl2N2O3. The first kappa shape index (κ1) is 14.4. The van der Waals surface area contributed by atoms with Gasteiger partial charge in [0.1, 0.15) is 12.2 Å². The summed E-state index contributed by atoms with van der Waals surface area (Å²) in [6.45, 7) is -0.143. The first-order chi connectivity index (χ1) is 9.49. The maximum absolute atomic E-state index is 11.9. The van der Waals surface area contributed by atoms with Crippen molar-refractivity contribution in [2.45, 2.75) is 6.54 Å². The molecule has 1 heterocycles.